The van der Waals surface area contributed by atoms with Gasteiger partial charge in [0.2, 0.25) is 0 Å². The minimum Gasteiger partial charge on any atom is -0.491 e. The number of rotatable bonds is 6. The summed E-state index contributed by atoms with van der Waals surface area (Å²) in [7, 11) is 0. The average molecular weight is 322 g/mol. The third-order valence-electron chi connectivity index (χ3n) is 3.05. The van der Waals surface area contributed by atoms with Gasteiger partial charge in [-0.25, -0.2) is 4.79 Å². The van der Waals surface area contributed by atoms with Gasteiger partial charge < -0.3 is 20.1 Å². The quantitative estimate of drug-likeness (QED) is 0.747. The van der Waals surface area contributed by atoms with E-state index in [1.165, 1.54) is 4.68 Å². The van der Waals surface area contributed by atoms with E-state index in [2.05, 4.69) is 5.10 Å². The second-order valence-electron chi connectivity index (χ2n) is 6.90. The normalized spacial score (nSPS) is 12.6. The van der Waals surface area contributed by atoms with Gasteiger partial charge in [0.25, 0.3) is 0 Å². The summed E-state index contributed by atoms with van der Waals surface area (Å²) in [5.74, 6) is -0.636. The van der Waals surface area contributed by atoms with Gasteiger partial charge >= 0.3 is 5.97 Å². The number of carboxylic acid groups (broad SMARTS) is 1. The Kier molecular flexibility index (Phi) is 4.37. The molecule has 0 aliphatic rings. The van der Waals surface area contributed by atoms with Crippen molar-refractivity contribution in [2.24, 2.45) is 0 Å². The summed E-state index contributed by atoms with van der Waals surface area (Å²) < 4.78 is 6.99. The van der Waals surface area contributed by atoms with Crippen LogP contribution in [-0.4, -0.2) is 48.9 Å². The van der Waals surface area contributed by atoms with Crippen LogP contribution in [0.25, 0.3) is 10.9 Å². The molecule has 0 bridgehead atoms. The highest BCUT2D eigenvalue weighted by atomic mass is 16.5. The van der Waals surface area contributed by atoms with Crippen LogP contribution in [0.1, 0.15) is 38.2 Å². The SMILES string of the molecule is CC(C)(O)COc1ccc2c(C(=O)O)nn(CC(C)(C)O)c2c1. The Hall–Kier alpha value is -2.12. The molecule has 1 aromatic carbocycles. The van der Waals surface area contributed by atoms with Crippen LogP contribution in [0.15, 0.2) is 18.2 Å². The van der Waals surface area contributed by atoms with Crippen molar-refractivity contribution >= 4 is 16.9 Å². The van der Waals surface area contributed by atoms with E-state index in [-0.39, 0.29) is 18.8 Å². The van der Waals surface area contributed by atoms with Gasteiger partial charge in [-0.2, -0.15) is 5.10 Å². The second-order valence-corrected chi connectivity index (χ2v) is 6.90. The number of carbonyl (C=O) groups is 1. The summed E-state index contributed by atoms with van der Waals surface area (Å²) in [5.41, 5.74) is -1.54. The van der Waals surface area contributed by atoms with Crippen molar-refractivity contribution in [3.63, 3.8) is 0 Å². The Morgan fingerprint density at radius 3 is 2.39 bits per heavy atom. The molecule has 7 nitrogen and oxygen atoms in total. The maximum absolute atomic E-state index is 11.3. The van der Waals surface area contributed by atoms with Crippen molar-refractivity contribution in [3.8, 4) is 5.75 Å². The lowest BCUT2D eigenvalue weighted by molar-refractivity contribution is 0.0285. The van der Waals surface area contributed by atoms with Crippen LogP contribution < -0.4 is 4.74 Å². The van der Waals surface area contributed by atoms with Gasteiger partial charge in [-0.15, -0.1) is 0 Å². The van der Waals surface area contributed by atoms with Crippen LogP contribution >= 0.6 is 0 Å². The van der Waals surface area contributed by atoms with Crippen LogP contribution in [0, 0.1) is 0 Å². The molecule has 0 radical (unpaired) electrons. The minimum atomic E-state index is -1.13. The average Bonchev–Trinajstić information content (AvgIpc) is 2.72. The van der Waals surface area contributed by atoms with E-state index in [0.29, 0.717) is 16.7 Å². The van der Waals surface area contributed by atoms with Gasteiger partial charge in [-0.05, 0) is 39.8 Å². The number of aromatic nitrogens is 2. The van der Waals surface area contributed by atoms with E-state index < -0.39 is 17.2 Å². The van der Waals surface area contributed by atoms with Crippen LogP contribution in [0.2, 0.25) is 0 Å². The molecule has 1 aromatic heterocycles. The van der Waals surface area contributed by atoms with Crippen molar-refractivity contribution in [3.05, 3.63) is 23.9 Å². The molecule has 0 saturated heterocycles. The van der Waals surface area contributed by atoms with E-state index >= 15 is 0 Å². The third-order valence-corrected chi connectivity index (χ3v) is 3.05. The van der Waals surface area contributed by atoms with Gasteiger partial charge in [0.15, 0.2) is 5.69 Å². The Labute approximate surface area is 134 Å². The molecule has 0 unspecified atom stereocenters. The number of benzene rings is 1. The summed E-state index contributed by atoms with van der Waals surface area (Å²) in [6, 6.07) is 4.91. The molecule has 0 amide bonds. The van der Waals surface area contributed by atoms with E-state index in [4.69, 9.17) is 4.74 Å². The molecule has 3 N–H and O–H groups in total. The molecule has 0 atom stereocenters. The number of fused-ring (bicyclic) bond motifs is 1. The highest BCUT2D eigenvalue weighted by Crippen LogP contribution is 2.26. The standard InChI is InChI=1S/C16H22N2O5/c1-15(2,21)8-18-12-7-10(23-9-16(3,4)22)5-6-11(12)13(17-18)14(19)20/h5-7,21-22H,8-9H2,1-4H3,(H,19,20). The minimum absolute atomic E-state index is 0.0710. The van der Waals surface area contributed by atoms with E-state index in [1.54, 1.807) is 45.9 Å². The predicted octanol–water partition coefficient (Wildman–Crippen LogP) is 1.66. The molecule has 0 fully saturated rings. The lowest BCUT2D eigenvalue weighted by atomic mass is 10.1. The first-order valence-electron chi connectivity index (χ1n) is 7.28. The van der Waals surface area contributed by atoms with Crippen LogP contribution in [-0.2, 0) is 6.54 Å². The topological polar surface area (TPSA) is 105 Å². The summed E-state index contributed by atoms with van der Waals surface area (Å²) in [4.78, 5) is 11.3. The zero-order chi connectivity index (χ0) is 17.4. The highest BCUT2D eigenvalue weighted by molar-refractivity contribution is 6.01. The van der Waals surface area contributed by atoms with E-state index in [0.717, 1.165) is 0 Å². The van der Waals surface area contributed by atoms with Gasteiger partial charge in [0.05, 0.1) is 23.3 Å². The number of aromatic carboxylic acids is 1. The molecule has 2 rings (SSSR count). The second kappa shape index (κ2) is 5.82. The first-order chi connectivity index (χ1) is 10.5. The van der Waals surface area contributed by atoms with Gasteiger partial charge in [-0.3, -0.25) is 4.68 Å². The van der Waals surface area contributed by atoms with Crippen molar-refractivity contribution < 1.29 is 24.9 Å². The van der Waals surface area contributed by atoms with Gasteiger partial charge in [-0.1, -0.05) is 0 Å². The van der Waals surface area contributed by atoms with Crippen molar-refractivity contribution in [1.29, 1.82) is 0 Å². The number of nitrogens with zero attached hydrogens (tertiary/aromatic N) is 2. The molecule has 7 heteroatoms. The van der Waals surface area contributed by atoms with Crippen LogP contribution in [0.4, 0.5) is 0 Å². The Morgan fingerprint density at radius 2 is 1.87 bits per heavy atom. The molecule has 1 heterocycles. The lowest BCUT2D eigenvalue weighted by Crippen LogP contribution is -2.28. The number of hydrogen-bond donors (Lipinski definition) is 3. The van der Waals surface area contributed by atoms with Crippen molar-refractivity contribution in [1.82, 2.24) is 9.78 Å². The summed E-state index contributed by atoms with van der Waals surface area (Å²) >= 11 is 0. The smallest absolute Gasteiger partial charge is 0.357 e. The maximum atomic E-state index is 11.3. The molecular formula is C16H22N2O5. The third kappa shape index (κ3) is 4.43. The number of hydrogen-bond acceptors (Lipinski definition) is 5. The molecule has 23 heavy (non-hydrogen) atoms. The zero-order valence-corrected chi connectivity index (χ0v) is 13.7. The Balaban J connectivity index is 2.45. The highest BCUT2D eigenvalue weighted by Gasteiger charge is 2.22. The maximum Gasteiger partial charge on any atom is 0.357 e. The summed E-state index contributed by atoms with van der Waals surface area (Å²) in [6.07, 6.45) is 0. The lowest BCUT2D eigenvalue weighted by Gasteiger charge is -2.19. The van der Waals surface area contributed by atoms with Gasteiger partial charge in [0.1, 0.15) is 12.4 Å². The zero-order valence-electron chi connectivity index (χ0n) is 13.7. The fourth-order valence-corrected chi connectivity index (χ4v) is 2.15. The number of ether oxygens (including phenoxy) is 1. The molecule has 0 spiro atoms. The first kappa shape index (κ1) is 17.2. The first-order valence-corrected chi connectivity index (χ1v) is 7.28. The molecule has 0 saturated carbocycles. The molecule has 2 aromatic rings. The Morgan fingerprint density at radius 1 is 1.22 bits per heavy atom. The molecule has 0 aliphatic heterocycles. The van der Waals surface area contributed by atoms with Crippen LogP contribution in [0.3, 0.4) is 0 Å². The number of carboxylic acids is 1. The fourth-order valence-electron chi connectivity index (χ4n) is 2.15. The van der Waals surface area contributed by atoms with E-state index in [1.807, 2.05) is 0 Å². The number of aliphatic hydroxyl groups is 2. The monoisotopic (exact) mass is 322 g/mol. The summed E-state index contributed by atoms with van der Waals surface area (Å²) in [6.45, 7) is 6.75. The summed E-state index contributed by atoms with van der Waals surface area (Å²) in [5, 5.41) is 33.5. The molecule has 0 aliphatic carbocycles. The predicted molar refractivity (Wildman–Crippen MR) is 84.8 cm³/mol. The van der Waals surface area contributed by atoms with Gasteiger partial charge in [0, 0.05) is 11.5 Å². The van der Waals surface area contributed by atoms with Crippen molar-refractivity contribution in [2.75, 3.05) is 6.61 Å². The van der Waals surface area contributed by atoms with E-state index in [9.17, 15) is 20.1 Å². The van der Waals surface area contributed by atoms with Crippen molar-refractivity contribution in [2.45, 2.75) is 45.4 Å². The molecular weight excluding hydrogens is 300 g/mol. The Bertz CT molecular complexity index is 722. The molecule has 126 valence electrons. The van der Waals surface area contributed by atoms with Crippen LogP contribution in [0.5, 0.6) is 5.75 Å². The largest absolute Gasteiger partial charge is 0.491 e. The fraction of sp³-hybridized carbons (Fsp3) is 0.500.